The highest BCUT2D eigenvalue weighted by Gasteiger charge is 2.54. The summed E-state index contributed by atoms with van der Waals surface area (Å²) in [6.45, 7) is 1.80. The number of amides is 1. The number of ether oxygens (including phenoxy) is 1. The molecule has 3 aliphatic rings. The third-order valence-electron chi connectivity index (χ3n) is 6.40. The maximum absolute atomic E-state index is 12.8. The molecule has 0 saturated carbocycles. The standard InChI is InChI=1S/C20H25NO4/c22-18(10-14-5-6-15-3-1-2-4-16(15)9-14)21-11-17-12-25-8-7-20(17,13-21)19(23)24/h1-4,14,17H,5-13H2,(H,23,24)/t14?,17-,20+/m0/s1. The molecule has 1 amide bonds. The van der Waals surface area contributed by atoms with Crippen molar-refractivity contribution in [2.75, 3.05) is 26.3 Å². The Bertz CT molecular complexity index is 688. The van der Waals surface area contributed by atoms with Crippen LogP contribution in [0.1, 0.15) is 30.4 Å². The predicted octanol–water partition coefficient (Wildman–Crippen LogP) is 2.13. The van der Waals surface area contributed by atoms with Crippen LogP contribution in [-0.2, 0) is 27.2 Å². The van der Waals surface area contributed by atoms with Crippen molar-refractivity contribution >= 4 is 11.9 Å². The first-order chi connectivity index (χ1) is 12.1. The van der Waals surface area contributed by atoms with Crippen molar-refractivity contribution in [1.29, 1.82) is 0 Å². The molecule has 3 atom stereocenters. The zero-order valence-corrected chi connectivity index (χ0v) is 14.4. The van der Waals surface area contributed by atoms with Crippen LogP contribution in [0.15, 0.2) is 24.3 Å². The number of rotatable bonds is 3. The third kappa shape index (κ3) is 2.95. The molecule has 4 rings (SSSR count). The van der Waals surface area contributed by atoms with E-state index in [4.69, 9.17) is 4.74 Å². The lowest BCUT2D eigenvalue weighted by atomic mass is 9.74. The summed E-state index contributed by atoms with van der Waals surface area (Å²) in [6, 6.07) is 8.47. The highest BCUT2D eigenvalue weighted by molar-refractivity contribution is 5.81. The van der Waals surface area contributed by atoms with E-state index in [0.717, 1.165) is 19.3 Å². The molecule has 1 aliphatic carbocycles. The van der Waals surface area contributed by atoms with E-state index in [1.165, 1.54) is 11.1 Å². The first kappa shape index (κ1) is 16.6. The highest BCUT2D eigenvalue weighted by atomic mass is 16.5. The molecule has 1 unspecified atom stereocenters. The Morgan fingerprint density at radius 2 is 2.08 bits per heavy atom. The minimum absolute atomic E-state index is 0.0743. The number of carbonyl (C=O) groups excluding carboxylic acids is 1. The fourth-order valence-electron chi connectivity index (χ4n) is 4.81. The van der Waals surface area contributed by atoms with E-state index in [1.807, 2.05) is 0 Å². The van der Waals surface area contributed by atoms with Crippen molar-refractivity contribution in [2.24, 2.45) is 17.3 Å². The lowest BCUT2D eigenvalue weighted by Gasteiger charge is -2.33. The van der Waals surface area contributed by atoms with Gasteiger partial charge in [0.2, 0.25) is 5.91 Å². The van der Waals surface area contributed by atoms with Gasteiger partial charge < -0.3 is 14.7 Å². The summed E-state index contributed by atoms with van der Waals surface area (Å²) >= 11 is 0. The Balaban J connectivity index is 1.42. The average Bonchev–Trinajstić information content (AvgIpc) is 3.03. The van der Waals surface area contributed by atoms with Crippen LogP contribution in [0.25, 0.3) is 0 Å². The van der Waals surface area contributed by atoms with Gasteiger partial charge in [-0.3, -0.25) is 9.59 Å². The fraction of sp³-hybridized carbons (Fsp3) is 0.600. The first-order valence-electron chi connectivity index (χ1n) is 9.24. The molecule has 1 aromatic rings. The van der Waals surface area contributed by atoms with Gasteiger partial charge >= 0.3 is 5.97 Å². The molecule has 5 nitrogen and oxygen atoms in total. The summed E-state index contributed by atoms with van der Waals surface area (Å²) in [4.78, 5) is 26.5. The molecule has 2 aliphatic heterocycles. The molecule has 0 bridgehead atoms. The molecule has 2 saturated heterocycles. The topological polar surface area (TPSA) is 66.8 Å². The summed E-state index contributed by atoms with van der Waals surface area (Å²) < 4.78 is 5.47. The quantitative estimate of drug-likeness (QED) is 0.913. The largest absolute Gasteiger partial charge is 0.481 e. The second-order valence-electron chi connectivity index (χ2n) is 7.84. The van der Waals surface area contributed by atoms with Crippen molar-refractivity contribution < 1.29 is 19.4 Å². The number of aliphatic carboxylic acids is 1. The van der Waals surface area contributed by atoms with E-state index in [2.05, 4.69) is 24.3 Å². The zero-order chi connectivity index (χ0) is 17.4. The molecule has 2 fully saturated rings. The number of carboxylic acids is 1. The minimum Gasteiger partial charge on any atom is -0.481 e. The van der Waals surface area contributed by atoms with Gasteiger partial charge in [0.05, 0.1) is 12.0 Å². The number of aryl methyl sites for hydroxylation is 1. The molecule has 0 spiro atoms. The SMILES string of the molecule is O=C(CC1CCc2ccccc2C1)N1C[C@H]2COCC[C@@]2(C(=O)O)C1. The second kappa shape index (κ2) is 6.45. The van der Waals surface area contributed by atoms with Gasteiger partial charge in [-0.25, -0.2) is 0 Å². The number of benzene rings is 1. The van der Waals surface area contributed by atoms with E-state index in [-0.39, 0.29) is 11.8 Å². The smallest absolute Gasteiger partial charge is 0.311 e. The van der Waals surface area contributed by atoms with E-state index in [0.29, 0.717) is 45.1 Å². The van der Waals surface area contributed by atoms with E-state index in [1.54, 1.807) is 4.90 Å². The average molecular weight is 343 g/mol. The molecule has 5 heteroatoms. The summed E-state index contributed by atoms with van der Waals surface area (Å²) in [5, 5.41) is 9.74. The predicted molar refractivity (Wildman–Crippen MR) is 92.1 cm³/mol. The normalized spacial score (nSPS) is 31.3. The summed E-state index contributed by atoms with van der Waals surface area (Å²) in [5.74, 6) is -0.376. The van der Waals surface area contributed by atoms with Crippen LogP contribution in [0.4, 0.5) is 0 Å². The number of likely N-dealkylation sites (tertiary alicyclic amines) is 1. The van der Waals surface area contributed by atoms with Crippen LogP contribution in [-0.4, -0.2) is 48.2 Å². The van der Waals surface area contributed by atoms with Crippen LogP contribution in [0.2, 0.25) is 0 Å². The fourth-order valence-corrected chi connectivity index (χ4v) is 4.81. The maximum atomic E-state index is 12.8. The number of carbonyl (C=O) groups is 2. The number of hydrogen-bond acceptors (Lipinski definition) is 3. The Morgan fingerprint density at radius 3 is 2.84 bits per heavy atom. The second-order valence-corrected chi connectivity index (χ2v) is 7.84. The Labute approximate surface area is 148 Å². The number of carboxylic acid groups (broad SMARTS) is 1. The van der Waals surface area contributed by atoms with E-state index < -0.39 is 11.4 Å². The summed E-state index contributed by atoms with van der Waals surface area (Å²) in [5.41, 5.74) is 1.96. The van der Waals surface area contributed by atoms with Crippen LogP contribution in [0, 0.1) is 17.3 Å². The van der Waals surface area contributed by atoms with Gasteiger partial charge in [0.15, 0.2) is 0 Å². The van der Waals surface area contributed by atoms with Gasteiger partial charge in [-0.15, -0.1) is 0 Å². The molecule has 25 heavy (non-hydrogen) atoms. The minimum atomic E-state index is -0.799. The highest BCUT2D eigenvalue weighted by Crippen LogP contribution is 2.43. The van der Waals surface area contributed by atoms with Crippen LogP contribution in [0.5, 0.6) is 0 Å². The van der Waals surface area contributed by atoms with Crippen LogP contribution >= 0.6 is 0 Å². The summed E-state index contributed by atoms with van der Waals surface area (Å²) in [7, 11) is 0. The van der Waals surface area contributed by atoms with Gasteiger partial charge in [0.25, 0.3) is 0 Å². The Morgan fingerprint density at radius 1 is 1.28 bits per heavy atom. The van der Waals surface area contributed by atoms with Gasteiger partial charge in [0.1, 0.15) is 0 Å². The lowest BCUT2D eigenvalue weighted by molar-refractivity contribution is -0.157. The maximum Gasteiger partial charge on any atom is 0.311 e. The number of hydrogen-bond donors (Lipinski definition) is 1. The molecule has 0 aromatic heterocycles. The molecular weight excluding hydrogens is 318 g/mol. The summed E-state index contributed by atoms with van der Waals surface area (Å²) in [6.07, 6.45) is 4.05. The van der Waals surface area contributed by atoms with Gasteiger partial charge in [-0.05, 0) is 42.7 Å². The Hall–Kier alpha value is -1.88. The lowest BCUT2D eigenvalue weighted by Crippen LogP contribution is -2.45. The van der Waals surface area contributed by atoms with Crippen LogP contribution in [0.3, 0.4) is 0 Å². The van der Waals surface area contributed by atoms with E-state index >= 15 is 0 Å². The van der Waals surface area contributed by atoms with Crippen LogP contribution < -0.4 is 0 Å². The van der Waals surface area contributed by atoms with Crippen molar-refractivity contribution in [1.82, 2.24) is 4.90 Å². The number of fused-ring (bicyclic) bond motifs is 2. The molecule has 134 valence electrons. The molecule has 1 N–H and O–H groups in total. The molecular formula is C20H25NO4. The number of nitrogens with zero attached hydrogens (tertiary/aromatic N) is 1. The molecule has 2 heterocycles. The van der Waals surface area contributed by atoms with Crippen molar-refractivity contribution in [2.45, 2.75) is 32.1 Å². The third-order valence-corrected chi connectivity index (χ3v) is 6.40. The van der Waals surface area contributed by atoms with Crippen molar-refractivity contribution in [3.8, 4) is 0 Å². The Kier molecular flexibility index (Phi) is 4.28. The zero-order valence-electron chi connectivity index (χ0n) is 14.4. The first-order valence-corrected chi connectivity index (χ1v) is 9.24. The molecule has 1 aromatic carbocycles. The van der Waals surface area contributed by atoms with Gasteiger partial charge in [0, 0.05) is 32.0 Å². The van der Waals surface area contributed by atoms with Gasteiger partial charge in [-0.1, -0.05) is 24.3 Å². The van der Waals surface area contributed by atoms with Gasteiger partial charge in [-0.2, -0.15) is 0 Å². The van der Waals surface area contributed by atoms with Crippen molar-refractivity contribution in [3.63, 3.8) is 0 Å². The molecule has 0 radical (unpaired) electrons. The van der Waals surface area contributed by atoms with E-state index in [9.17, 15) is 14.7 Å². The van der Waals surface area contributed by atoms with Crippen molar-refractivity contribution in [3.05, 3.63) is 35.4 Å². The monoisotopic (exact) mass is 343 g/mol.